The van der Waals surface area contributed by atoms with Crippen molar-refractivity contribution in [3.63, 3.8) is 0 Å². The highest BCUT2D eigenvalue weighted by atomic mass is 15.3. The number of hydrogen-bond acceptors (Lipinski definition) is 2. The van der Waals surface area contributed by atoms with Crippen LogP contribution in [0.1, 0.15) is 58.8 Å². The van der Waals surface area contributed by atoms with Crippen molar-refractivity contribution in [2.45, 2.75) is 70.9 Å². The molecule has 2 saturated heterocycles. The first-order valence-corrected chi connectivity index (χ1v) is 8.70. The van der Waals surface area contributed by atoms with Crippen LogP contribution in [-0.4, -0.2) is 48.1 Å². The van der Waals surface area contributed by atoms with Crippen molar-refractivity contribution >= 4 is 0 Å². The van der Waals surface area contributed by atoms with Crippen molar-refractivity contribution < 1.29 is 0 Å². The van der Waals surface area contributed by atoms with Gasteiger partial charge in [0.1, 0.15) is 0 Å². The molecule has 2 atom stereocenters. The Hall–Kier alpha value is -0.0800. The third-order valence-electron chi connectivity index (χ3n) is 5.94. The van der Waals surface area contributed by atoms with E-state index in [1.54, 1.807) is 0 Å². The van der Waals surface area contributed by atoms with Crippen LogP contribution >= 0.6 is 0 Å². The first-order chi connectivity index (χ1) is 9.22. The Balaban J connectivity index is 1.52. The van der Waals surface area contributed by atoms with Crippen LogP contribution in [0.15, 0.2) is 0 Å². The van der Waals surface area contributed by atoms with Crippen molar-refractivity contribution in [2.24, 2.45) is 11.8 Å². The van der Waals surface area contributed by atoms with E-state index in [0.717, 1.165) is 23.9 Å². The number of nitrogens with zero attached hydrogens (tertiary/aromatic N) is 2. The van der Waals surface area contributed by atoms with Crippen LogP contribution in [0.2, 0.25) is 0 Å². The minimum absolute atomic E-state index is 0.786. The van der Waals surface area contributed by atoms with Gasteiger partial charge in [0.15, 0.2) is 0 Å². The minimum atomic E-state index is 0.786. The van der Waals surface area contributed by atoms with E-state index >= 15 is 0 Å². The molecular formula is C17H32N2. The van der Waals surface area contributed by atoms with Gasteiger partial charge in [0.25, 0.3) is 0 Å². The highest BCUT2D eigenvalue weighted by Gasteiger charge is 2.34. The van der Waals surface area contributed by atoms with E-state index in [2.05, 4.69) is 23.6 Å². The summed E-state index contributed by atoms with van der Waals surface area (Å²) in [6, 6.07) is 1.67. The Kier molecular flexibility index (Phi) is 4.48. The van der Waals surface area contributed by atoms with Crippen molar-refractivity contribution in [3.8, 4) is 0 Å². The number of rotatable bonds is 2. The predicted octanol–water partition coefficient (Wildman–Crippen LogP) is 3.37. The first-order valence-electron chi connectivity index (χ1n) is 8.70. The van der Waals surface area contributed by atoms with Gasteiger partial charge in [0, 0.05) is 31.7 Å². The Bertz CT molecular complexity index is 283. The quantitative estimate of drug-likeness (QED) is 0.754. The molecule has 0 aromatic carbocycles. The van der Waals surface area contributed by atoms with Gasteiger partial charge in [-0.15, -0.1) is 0 Å². The van der Waals surface area contributed by atoms with E-state index in [-0.39, 0.29) is 0 Å². The van der Waals surface area contributed by atoms with E-state index in [0.29, 0.717) is 0 Å². The molecule has 0 N–H and O–H groups in total. The largest absolute Gasteiger partial charge is 0.298 e. The Morgan fingerprint density at radius 3 is 2.47 bits per heavy atom. The third kappa shape index (κ3) is 3.33. The lowest BCUT2D eigenvalue weighted by Gasteiger charge is -2.48. The molecule has 0 bridgehead atoms. The fraction of sp³-hybridized carbons (Fsp3) is 1.00. The highest BCUT2D eigenvalue weighted by Crippen LogP contribution is 2.31. The zero-order valence-electron chi connectivity index (χ0n) is 13.0. The third-order valence-corrected chi connectivity index (χ3v) is 5.94. The van der Waals surface area contributed by atoms with Gasteiger partial charge >= 0.3 is 0 Å². The molecule has 2 aliphatic heterocycles. The predicted molar refractivity (Wildman–Crippen MR) is 81.4 cm³/mol. The molecule has 1 saturated carbocycles. The molecule has 3 fully saturated rings. The van der Waals surface area contributed by atoms with Crippen LogP contribution in [0.5, 0.6) is 0 Å². The smallest absolute Gasteiger partial charge is 0.0223 e. The Morgan fingerprint density at radius 1 is 0.895 bits per heavy atom. The molecule has 110 valence electrons. The number of hydrogen-bond donors (Lipinski definition) is 0. The molecule has 2 nitrogen and oxygen atoms in total. The molecule has 2 heterocycles. The summed E-state index contributed by atoms with van der Waals surface area (Å²) in [4.78, 5) is 5.60. The number of piperazine rings is 1. The summed E-state index contributed by atoms with van der Waals surface area (Å²) in [6.07, 6.45) is 10.3. The maximum absolute atomic E-state index is 2.83. The summed E-state index contributed by atoms with van der Waals surface area (Å²) in [5, 5.41) is 0. The van der Waals surface area contributed by atoms with E-state index in [1.165, 1.54) is 71.1 Å². The fourth-order valence-electron chi connectivity index (χ4n) is 4.51. The van der Waals surface area contributed by atoms with Gasteiger partial charge in [-0.1, -0.05) is 26.2 Å². The van der Waals surface area contributed by atoms with Crippen LogP contribution in [0.25, 0.3) is 0 Å². The molecule has 3 rings (SSSR count). The molecule has 0 spiro atoms. The second-order valence-corrected chi connectivity index (χ2v) is 7.57. The van der Waals surface area contributed by atoms with Crippen LogP contribution in [0.3, 0.4) is 0 Å². The average Bonchev–Trinajstić information content (AvgIpc) is 2.42. The second-order valence-electron chi connectivity index (χ2n) is 7.57. The minimum Gasteiger partial charge on any atom is -0.298 e. The zero-order chi connectivity index (χ0) is 13.2. The molecular weight excluding hydrogens is 232 g/mol. The Labute approximate surface area is 119 Å². The first kappa shape index (κ1) is 13.9. The molecule has 19 heavy (non-hydrogen) atoms. The fourth-order valence-corrected chi connectivity index (χ4v) is 4.51. The molecule has 0 radical (unpaired) electrons. The van der Waals surface area contributed by atoms with Crippen molar-refractivity contribution in [2.75, 3.05) is 26.2 Å². The lowest BCUT2D eigenvalue weighted by molar-refractivity contribution is 0.00390. The van der Waals surface area contributed by atoms with Gasteiger partial charge in [-0.3, -0.25) is 9.80 Å². The maximum atomic E-state index is 2.83. The normalized spacial score (nSPS) is 42.0. The lowest BCUT2D eigenvalue weighted by atomic mass is 9.82. The molecule has 2 heteroatoms. The number of fused-ring (bicyclic) bond motifs is 1. The molecule has 0 aromatic rings. The molecule has 2 unspecified atom stereocenters. The van der Waals surface area contributed by atoms with E-state index in [1.807, 2.05) is 0 Å². The summed E-state index contributed by atoms with van der Waals surface area (Å²) in [5.41, 5.74) is 0. The average molecular weight is 264 g/mol. The molecule has 0 aromatic heterocycles. The van der Waals surface area contributed by atoms with Gasteiger partial charge < -0.3 is 0 Å². The zero-order valence-corrected chi connectivity index (χ0v) is 13.0. The van der Waals surface area contributed by atoms with E-state index in [4.69, 9.17) is 0 Å². The van der Waals surface area contributed by atoms with Gasteiger partial charge in [-0.25, -0.2) is 0 Å². The SMILES string of the molecule is CC1CCC(CN2CC3CCCCN3CC2C)CC1. The van der Waals surface area contributed by atoms with Crippen LogP contribution in [0.4, 0.5) is 0 Å². The van der Waals surface area contributed by atoms with Gasteiger partial charge in [-0.05, 0) is 51.0 Å². The molecule has 3 aliphatic rings. The lowest BCUT2D eigenvalue weighted by Crippen LogP contribution is -2.59. The van der Waals surface area contributed by atoms with Crippen LogP contribution < -0.4 is 0 Å². The van der Waals surface area contributed by atoms with Gasteiger partial charge in [0.2, 0.25) is 0 Å². The van der Waals surface area contributed by atoms with Crippen molar-refractivity contribution in [1.29, 1.82) is 0 Å². The van der Waals surface area contributed by atoms with E-state index < -0.39 is 0 Å². The summed E-state index contributed by atoms with van der Waals surface area (Å²) in [5.74, 6) is 1.98. The monoisotopic (exact) mass is 264 g/mol. The number of piperidine rings is 1. The van der Waals surface area contributed by atoms with Crippen molar-refractivity contribution in [1.82, 2.24) is 9.80 Å². The highest BCUT2D eigenvalue weighted by molar-refractivity contribution is 4.90. The second kappa shape index (κ2) is 6.13. The topological polar surface area (TPSA) is 6.48 Å². The van der Waals surface area contributed by atoms with Crippen LogP contribution in [-0.2, 0) is 0 Å². The maximum Gasteiger partial charge on any atom is 0.0223 e. The van der Waals surface area contributed by atoms with Crippen LogP contribution in [0, 0.1) is 11.8 Å². The van der Waals surface area contributed by atoms with E-state index in [9.17, 15) is 0 Å². The van der Waals surface area contributed by atoms with Crippen molar-refractivity contribution in [3.05, 3.63) is 0 Å². The summed E-state index contributed by atoms with van der Waals surface area (Å²) >= 11 is 0. The molecule has 1 aliphatic carbocycles. The van der Waals surface area contributed by atoms with Gasteiger partial charge in [-0.2, -0.15) is 0 Å². The summed E-state index contributed by atoms with van der Waals surface area (Å²) in [6.45, 7) is 10.3. The standard InChI is InChI=1S/C17H32N2/c1-14-6-8-16(9-7-14)12-19-13-17-5-3-4-10-18(17)11-15(19)2/h14-17H,3-13H2,1-2H3. The Morgan fingerprint density at radius 2 is 1.68 bits per heavy atom. The summed E-state index contributed by atoms with van der Waals surface area (Å²) < 4.78 is 0. The van der Waals surface area contributed by atoms with Gasteiger partial charge in [0.05, 0.1) is 0 Å². The summed E-state index contributed by atoms with van der Waals surface area (Å²) in [7, 11) is 0. The molecule has 0 amide bonds.